The summed E-state index contributed by atoms with van der Waals surface area (Å²) < 4.78 is 5.91. The number of alkyl halides is 1. The van der Waals surface area contributed by atoms with Crippen molar-refractivity contribution >= 4 is 63.8 Å². The number of Topliss-reactive ketones (excluding diaryl/α,β-unsaturated/α-hetero) is 1. The average Bonchev–Trinajstić information content (AvgIpc) is 2.75. The number of carbonyl (C=O) groups excluding carboxylic acids is 2. The van der Waals surface area contributed by atoms with Crippen LogP contribution in [0.3, 0.4) is 0 Å². The van der Waals surface area contributed by atoms with Gasteiger partial charge in [-0.05, 0) is 54.6 Å². The maximum Gasteiger partial charge on any atom is 0.255 e. The number of hydrogen-bond donors (Lipinski definition) is 1. The molecule has 1 atom stereocenters. The van der Waals surface area contributed by atoms with Crippen LogP contribution in [0.25, 0.3) is 0 Å². The largest absolute Gasteiger partial charge is 0.482 e. The Morgan fingerprint density at radius 1 is 0.871 bits per heavy atom. The molecule has 1 amide bonds. The molecule has 0 aliphatic carbocycles. The molecule has 8 heteroatoms. The van der Waals surface area contributed by atoms with Gasteiger partial charge < -0.3 is 10.1 Å². The third-order valence-corrected chi connectivity index (χ3v) is 5.55. The van der Waals surface area contributed by atoms with Gasteiger partial charge in [0.1, 0.15) is 5.75 Å². The summed E-state index contributed by atoms with van der Waals surface area (Å²) in [6.45, 7) is 0. The molecule has 0 aromatic heterocycles. The molecule has 4 nitrogen and oxygen atoms in total. The second kappa shape index (κ2) is 10.9. The molecule has 0 fully saturated rings. The van der Waals surface area contributed by atoms with E-state index in [1.54, 1.807) is 60.7 Å². The maximum absolute atomic E-state index is 12.8. The van der Waals surface area contributed by atoms with Gasteiger partial charge in [-0.3, -0.25) is 9.59 Å². The first-order valence-corrected chi connectivity index (χ1v) is 10.9. The Labute approximate surface area is 200 Å². The lowest BCUT2D eigenvalue weighted by atomic mass is 10.0. The maximum atomic E-state index is 12.8. The number of benzene rings is 3. The van der Waals surface area contributed by atoms with Gasteiger partial charge in [0.05, 0.1) is 10.0 Å². The lowest BCUT2D eigenvalue weighted by molar-refractivity contribution is 0.0787. The van der Waals surface area contributed by atoms with Gasteiger partial charge in [0.25, 0.3) is 5.91 Å². The summed E-state index contributed by atoms with van der Waals surface area (Å²) >= 11 is 23.6. The molecule has 0 aliphatic heterocycles. The Bertz CT molecular complexity index is 1090. The third kappa shape index (κ3) is 6.37. The van der Waals surface area contributed by atoms with E-state index in [0.717, 1.165) is 0 Å². The minimum Gasteiger partial charge on any atom is -0.482 e. The van der Waals surface area contributed by atoms with Crippen molar-refractivity contribution in [3.05, 3.63) is 92.9 Å². The normalized spacial score (nSPS) is 11.6. The van der Waals surface area contributed by atoms with E-state index < -0.39 is 6.10 Å². The van der Waals surface area contributed by atoms with Crippen LogP contribution in [0.15, 0.2) is 66.7 Å². The number of rotatable bonds is 8. The molecule has 0 bridgehead atoms. The Hall–Kier alpha value is -2.24. The van der Waals surface area contributed by atoms with Crippen LogP contribution in [0, 0.1) is 0 Å². The average molecular weight is 497 g/mol. The van der Waals surface area contributed by atoms with E-state index in [1.807, 2.05) is 0 Å². The standard InChI is InChI=1S/C23H17Cl4NO3/c24-11-10-21(22(29)14-4-7-16(25)8-5-14)31-18-3-1-2-17(13-18)28-23(30)15-6-9-19(26)20(27)12-15/h1-9,12-13,21H,10-11H2,(H,28,30). The number of nitrogens with one attached hydrogen (secondary N) is 1. The predicted octanol–water partition coefficient (Wildman–Crippen LogP) is 7.16. The molecule has 3 rings (SSSR count). The topological polar surface area (TPSA) is 55.4 Å². The fraction of sp³-hybridized carbons (Fsp3) is 0.130. The van der Waals surface area contributed by atoms with E-state index in [-0.39, 0.29) is 22.6 Å². The molecule has 31 heavy (non-hydrogen) atoms. The summed E-state index contributed by atoms with van der Waals surface area (Å²) in [7, 11) is 0. The molecule has 0 radical (unpaired) electrons. The van der Waals surface area contributed by atoms with Crippen LogP contribution < -0.4 is 10.1 Å². The highest BCUT2D eigenvalue weighted by atomic mass is 35.5. The predicted molar refractivity (Wildman–Crippen MR) is 126 cm³/mol. The minimum atomic E-state index is -0.778. The Balaban J connectivity index is 1.74. The van der Waals surface area contributed by atoms with Crippen LogP contribution in [0.2, 0.25) is 15.1 Å². The Morgan fingerprint density at radius 3 is 2.26 bits per heavy atom. The summed E-state index contributed by atoms with van der Waals surface area (Å²) in [5.74, 6) is 0.106. The van der Waals surface area contributed by atoms with Crippen LogP contribution >= 0.6 is 46.4 Å². The first-order valence-electron chi connectivity index (χ1n) is 9.26. The van der Waals surface area contributed by atoms with E-state index in [0.29, 0.717) is 39.0 Å². The van der Waals surface area contributed by atoms with Crippen molar-refractivity contribution in [2.24, 2.45) is 0 Å². The van der Waals surface area contributed by atoms with Crippen molar-refractivity contribution in [3.63, 3.8) is 0 Å². The van der Waals surface area contributed by atoms with E-state index in [1.165, 1.54) is 6.07 Å². The molecule has 0 saturated carbocycles. The van der Waals surface area contributed by atoms with Crippen LogP contribution in [0.5, 0.6) is 5.75 Å². The molecule has 3 aromatic rings. The molecule has 0 aliphatic rings. The molecular formula is C23H17Cl4NO3. The lowest BCUT2D eigenvalue weighted by Crippen LogP contribution is -2.28. The molecule has 1 N–H and O–H groups in total. The van der Waals surface area contributed by atoms with Gasteiger partial charge in [-0.25, -0.2) is 0 Å². The SMILES string of the molecule is O=C(Nc1cccc(OC(CCCl)C(=O)c2ccc(Cl)cc2)c1)c1ccc(Cl)c(Cl)c1. The Kier molecular flexibility index (Phi) is 8.22. The summed E-state index contributed by atoms with van der Waals surface area (Å²) in [5.41, 5.74) is 1.33. The summed E-state index contributed by atoms with van der Waals surface area (Å²) in [6.07, 6.45) is -0.456. The van der Waals surface area contributed by atoms with Gasteiger partial charge in [0, 0.05) is 40.2 Å². The monoisotopic (exact) mass is 495 g/mol. The first-order chi connectivity index (χ1) is 14.9. The zero-order valence-electron chi connectivity index (χ0n) is 16.1. The van der Waals surface area contributed by atoms with Crippen LogP contribution in [0.1, 0.15) is 27.1 Å². The second-order valence-corrected chi connectivity index (χ2v) is 8.19. The fourth-order valence-electron chi connectivity index (χ4n) is 2.79. The minimum absolute atomic E-state index is 0.206. The first kappa shape index (κ1) is 23.4. The van der Waals surface area contributed by atoms with Crippen LogP contribution in [0.4, 0.5) is 5.69 Å². The third-order valence-electron chi connectivity index (χ3n) is 4.34. The number of carbonyl (C=O) groups is 2. The van der Waals surface area contributed by atoms with Gasteiger partial charge in [0.2, 0.25) is 5.78 Å². The Morgan fingerprint density at radius 2 is 1.58 bits per heavy atom. The molecular weight excluding hydrogens is 480 g/mol. The van der Waals surface area contributed by atoms with Crippen molar-refractivity contribution in [2.75, 3.05) is 11.2 Å². The van der Waals surface area contributed by atoms with E-state index in [9.17, 15) is 9.59 Å². The number of amides is 1. The van der Waals surface area contributed by atoms with Gasteiger partial charge in [-0.2, -0.15) is 0 Å². The lowest BCUT2D eigenvalue weighted by Gasteiger charge is -2.18. The van der Waals surface area contributed by atoms with Crippen molar-refractivity contribution in [2.45, 2.75) is 12.5 Å². The van der Waals surface area contributed by atoms with E-state index >= 15 is 0 Å². The highest BCUT2D eigenvalue weighted by Gasteiger charge is 2.22. The van der Waals surface area contributed by atoms with E-state index in [2.05, 4.69) is 5.32 Å². The molecule has 160 valence electrons. The summed E-state index contributed by atoms with van der Waals surface area (Å²) in [6, 6.07) is 17.9. The zero-order chi connectivity index (χ0) is 22.4. The number of ketones is 1. The van der Waals surface area contributed by atoms with Crippen molar-refractivity contribution in [3.8, 4) is 5.75 Å². The van der Waals surface area contributed by atoms with Crippen LogP contribution in [-0.4, -0.2) is 23.7 Å². The zero-order valence-corrected chi connectivity index (χ0v) is 19.1. The molecule has 1 unspecified atom stereocenters. The van der Waals surface area contributed by atoms with Gasteiger partial charge in [0.15, 0.2) is 6.10 Å². The molecule has 0 spiro atoms. The van der Waals surface area contributed by atoms with Crippen molar-refractivity contribution in [1.29, 1.82) is 0 Å². The number of hydrogen-bond acceptors (Lipinski definition) is 3. The molecule has 0 saturated heterocycles. The summed E-state index contributed by atoms with van der Waals surface area (Å²) in [5, 5.41) is 3.96. The van der Waals surface area contributed by atoms with Crippen LogP contribution in [-0.2, 0) is 0 Å². The van der Waals surface area contributed by atoms with Gasteiger partial charge >= 0.3 is 0 Å². The number of ether oxygens (including phenoxy) is 1. The quantitative estimate of drug-likeness (QED) is 0.266. The van der Waals surface area contributed by atoms with Gasteiger partial charge in [-0.1, -0.05) is 40.9 Å². The smallest absolute Gasteiger partial charge is 0.255 e. The molecule has 0 heterocycles. The number of halogens is 4. The summed E-state index contributed by atoms with van der Waals surface area (Å²) in [4.78, 5) is 25.3. The highest BCUT2D eigenvalue weighted by Crippen LogP contribution is 2.25. The van der Waals surface area contributed by atoms with E-state index in [4.69, 9.17) is 51.1 Å². The number of anilines is 1. The highest BCUT2D eigenvalue weighted by molar-refractivity contribution is 6.42. The molecule has 3 aromatic carbocycles. The van der Waals surface area contributed by atoms with Gasteiger partial charge in [-0.15, -0.1) is 11.6 Å². The fourth-order valence-corrected chi connectivity index (χ4v) is 3.42. The van der Waals surface area contributed by atoms with Crippen molar-refractivity contribution < 1.29 is 14.3 Å². The van der Waals surface area contributed by atoms with Crippen molar-refractivity contribution in [1.82, 2.24) is 0 Å². The second-order valence-electron chi connectivity index (χ2n) is 6.57.